The van der Waals surface area contributed by atoms with Crippen LogP contribution in [-0.2, 0) is 15.7 Å². The minimum Gasteiger partial charge on any atom is -0.466 e. The van der Waals surface area contributed by atoms with Crippen molar-refractivity contribution < 1.29 is 42.7 Å². The monoisotopic (exact) mass is 353 g/mol. The molecule has 0 saturated carbocycles. The van der Waals surface area contributed by atoms with Crippen LogP contribution in [0.2, 0.25) is 0 Å². The number of rotatable bonds is 4. The third-order valence-corrected chi connectivity index (χ3v) is 3.76. The number of hydrogen-bond acceptors (Lipinski definition) is 7. The number of methoxy groups -OCH3 is 1. The summed E-state index contributed by atoms with van der Waals surface area (Å²) >= 11 is 0. The van der Waals surface area contributed by atoms with Gasteiger partial charge in [-0.15, -0.1) is 0 Å². The lowest BCUT2D eigenvalue weighted by molar-refractivity contribution is -0.323. The quantitative estimate of drug-likeness (QED) is 0.717. The van der Waals surface area contributed by atoms with E-state index in [0.29, 0.717) is 0 Å². The molecule has 0 radical (unpaired) electrons. The van der Waals surface area contributed by atoms with Crippen LogP contribution >= 0.6 is 0 Å². The predicted octanol–water partition coefficient (Wildman–Crippen LogP) is 0.323. The van der Waals surface area contributed by atoms with Crippen molar-refractivity contribution in [2.75, 3.05) is 13.7 Å². The zero-order valence-corrected chi connectivity index (χ0v) is 12.9. The zero-order valence-electron chi connectivity index (χ0n) is 12.9. The van der Waals surface area contributed by atoms with Gasteiger partial charge in [-0.3, -0.25) is 0 Å². The van der Waals surface area contributed by atoms with E-state index in [1.165, 1.54) is 20.1 Å². The number of aromatic nitrogens is 1. The van der Waals surface area contributed by atoms with Crippen molar-refractivity contribution in [1.82, 2.24) is 4.98 Å². The Morgan fingerprint density at radius 3 is 2.54 bits per heavy atom. The largest absolute Gasteiger partial charge is 0.466 e. The lowest BCUT2D eigenvalue weighted by Gasteiger charge is -2.46. The van der Waals surface area contributed by atoms with E-state index in [1.54, 1.807) is 0 Å². The van der Waals surface area contributed by atoms with Crippen LogP contribution in [0.25, 0.3) is 0 Å². The highest BCUT2D eigenvalue weighted by molar-refractivity contribution is 5.18. The number of alkyl halides is 3. The van der Waals surface area contributed by atoms with Crippen molar-refractivity contribution in [3.63, 3.8) is 0 Å². The number of halogens is 3. The molecule has 0 aliphatic carbocycles. The molecule has 0 aromatic carbocycles. The highest BCUT2D eigenvalue weighted by Gasteiger charge is 2.52. The van der Waals surface area contributed by atoms with Gasteiger partial charge in [-0.25, -0.2) is 4.98 Å². The minimum absolute atomic E-state index is 0.417. The Morgan fingerprint density at radius 2 is 2.00 bits per heavy atom. The summed E-state index contributed by atoms with van der Waals surface area (Å²) in [4.78, 5) is 3.32. The maximum absolute atomic E-state index is 12.7. The van der Waals surface area contributed by atoms with E-state index in [-0.39, 0.29) is 0 Å². The maximum Gasteiger partial charge on any atom is 0.433 e. The van der Waals surface area contributed by atoms with Gasteiger partial charge in [-0.2, -0.15) is 13.2 Å². The van der Waals surface area contributed by atoms with Crippen molar-refractivity contribution in [1.29, 1.82) is 0 Å². The molecule has 1 aliphatic heterocycles. The number of hydrogen-bond donors (Lipinski definition) is 3. The fraction of sp³-hybridized carbons (Fsp3) is 0.643. The summed E-state index contributed by atoms with van der Waals surface area (Å²) in [6.07, 6.45) is -10.4. The summed E-state index contributed by atoms with van der Waals surface area (Å²) < 4.78 is 53.7. The van der Waals surface area contributed by atoms with Gasteiger partial charge < -0.3 is 29.5 Å². The first-order valence-electron chi connectivity index (χ1n) is 7.01. The highest BCUT2D eigenvalue weighted by Crippen LogP contribution is 2.33. The molecule has 1 aromatic heterocycles. The van der Waals surface area contributed by atoms with Gasteiger partial charge in [-0.05, 0) is 13.0 Å². The van der Waals surface area contributed by atoms with Gasteiger partial charge in [0.25, 0.3) is 0 Å². The molecule has 1 saturated heterocycles. The Bertz CT molecular complexity index is 570. The number of nitrogens with zero attached hydrogens (tertiary/aromatic N) is 1. The Balaban J connectivity index is 2.25. The molecular weight excluding hydrogens is 335 g/mol. The molecule has 136 valence electrons. The van der Waals surface area contributed by atoms with Gasteiger partial charge >= 0.3 is 6.18 Å². The van der Waals surface area contributed by atoms with Gasteiger partial charge in [0, 0.05) is 13.2 Å². The molecule has 2 rings (SSSR count). The van der Waals surface area contributed by atoms with Crippen LogP contribution in [0.5, 0.6) is 5.88 Å². The van der Waals surface area contributed by atoms with Gasteiger partial charge in [0.15, 0.2) is 12.4 Å². The van der Waals surface area contributed by atoms with Crippen LogP contribution in [0.4, 0.5) is 13.2 Å². The van der Waals surface area contributed by atoms with E-state index in [9.17, 15) is 28.5 Å². The van der Waals surface area contributed by atoms with E-state index < -0.39 is 54.6 Å². The Hall–Kier alpha value is -1.46. The first-order chi connectivity index (χ1) is 11.1. The molecule has 0 amide bonds. The average Bonchev–Trinajstić information content (AvgIpc) is 2.55. The average molecular weight is 353 g/mol. The van der Waals surface area contributed by atoms with E-state index >= 15 is 0 Å². The van der Waals surface area contributed by atoms with Crippen molar-refractivity contribution in [2.45, 2.75) is 43.3 Å². The minimum atomic E-state index is -4.66. The maximum atomic E-state index is 12.7. The highest BCUT2D eigenvalue weighted by atomic mass is 19.4. The standard InChI is InChI=1S/C14H18F3NO6/c1-13(6-19)11(21)9(20)10(12(22-2)24-13)23-8-5-3-4-7(18-8)14(15,16)17/h3-5,9-12,19-21H,6H2,1-2H3. The SMILES string of the molecule is COC1OC(C)(CO)C(O)C(O)C1Oc1cccc(C(F)(F)F)n1. The first kappa shape index (κ1) is 18.9. The molecular formula is C14H18F3NO6. The fourth-order valence-corrected chi connectivity index (χ4v) is 2.32. The Labute approximate surface area is 135 Å². The number of pyridine rings is 1. The molecule has 24 heavy (non-hydrogen) atoms. The van der Waals surface area contributed by atoms with Crippen molar-refractivity contribution >= 4 is 0 Å². The number of aliphatic hydroxyl groups is 3. The van der Waals surface area contributed by atoms with Crippen LogP contribution < -0.4 is 4.74 Å². The Kier molecular flexibility index (Phi) is 5.35. The molecule has 0 spiro atoms. The molecule has 1 aromatic rings. The van der Waals surface area contributed by atoms with Gasteiger partial charge in [0.05, 0.1) is 6.61 Å². The summed E-state index contributed by atoms with van der Waals surface area (Å²) in [5, 5.41) is 29.6. The molecule has 5 unspecified atom stereocenters. The molecule has 3 N–H and O–H groups in total. The molecule has 2 heterocycles. The fourth-order valence-electron chi connectivity index (χ4n) is 2.32. The second-order valence-corrected chi connectivity index (χ2v) is 5.57. The van der Waals surface area contributed by atoms with Gasteiger partial charge in [0.1, 0.15) is 23.5 Å². The number of aliphatic hydroxyl groups excluding tert-OH is 3. The summed E-state index contributed by atoms with van der Waals surface area (Å²) in [6, 6.07) is 3.03. The van der Waals surface area contributed by atoms with Crippen LogP contribution in [-0.4, -0.2) is 64.2 Å². The first-order valence-corrected chi connectivity index (χ1v) is 7.01. The molecule has 1 fully saturated rings. The van der Waals surface area contributed by atoms with E-state index in [0.717, 1.165) is 12.1 Å². The number of ether oxygens (including phenoxy) is 3. The van der Waals surface area contributed by atoms with E-state index in [1.807, 2.05) is 0 Å². The zero-order chi connectivity index (χ0) is 18.1. The van der Waals surface area contributed by atoms with Crippen LogP contribution in [0, 0.1) is 0 Å². The van der Waals surface area contributed by atoms with Gasteiger partial charge in [-0.1, -0.05) is 6.07 Å². The smallest absolute Gasteiger partial charge is 0.433 e. The lowest BCUT2D eigenvalue weighted by atomic mass is 9.89. The summed E-state index contributed by atoms with van der Waals surface area (Å²) in [7, 11) is 1.23. The third kappa shape index (κ3) is 3.62. The normalized spacial score (nSPS) is 34.2. The summed E-state index contributed by atoms with van der Waals surface area (Å²) in [5.74, 6) is -0.417. The summed E-state index contributed by atoms with van der Waals surface area (Å²) in [5.41, 5.74) is -2.68. The van der Waals surface area contributed by atoms with Gasteiger partial charge in [0.2, 0.25) is 5.88 Å². The van der Waals surface area contributed by atoms with Crippen LogP contribution in [0.1, 0.15) is 12.6 Å². The van der Waals surface area contributed by atoms with E-state index in [2.05, 4.69) is 4.98 Å². The molecule has 5 atom stereocenters. The molecule has 1 aliphatic rings. The molecule has 0 bridgehead atoms. The Morgan fingerprint density at radius 1 is 1.33 bits per heavy atom. The summed E-state index contributed by atoms with van der Waals surface area (Å²) in [6.45, 7) is 0.741. The van der Waals surface area contributed by atoms with Crippen LogP contribution in [0.15, 0.2) is 18.2 Å². The van der Waals surface area contributed by atoms with Crippen molar-refractivity contribution in [3.8, 4) is 5.88 Å². The third-order valence-electron chi connectivity index (χ3n) is 3.76. The lowest BCUT2D eigenvalue weighted by Crippen LogP contribution is -2.66. The van der Waals surface area contributed by atoms with E-state index in [4.69, 9.17) is 14.2 Å². The van der Waals surface area contributed by atoms with Crippen molar-refractivity contribution in [2.24, 2.45) is 0 Å². The molecule has 7 nitrogen and oxygen atoms in total. The predicted molar refractivity (Wildman–Crippen MR) is 73.0 cm³/mol. The van der Waals surface area contributed by atoms with Crippen LogP contribution in [0.3, 0.4) is 0 Å². The van der Waals surface area contributed by atoms with Crippen molar-refractivity contribution in [3.05, 3.63) is 23.9 Å². The second kappa shape index (κ2) is 6.81. The topological polar surface area (TPSA) is 101 Å². The molecule has 10 heteroatoms. The second-order valence-electron chi connectivity index (χ2n) is 5.57.